The molecule has 0 bridgehead atoms. The standard InChI is InChI=1S/C66H44N2O2/c1-5-20-45(21-6-1)47-24-17-30-53(40-47)67(51-26-9-3-10-27-51)59-42-50(55-34-19-37-63-66(55)58-33-14-16-36-62(58)69-63)43-60(65(59)49-38-39-57-56-32-13-15-35-61(56)70-64(57)44-49)68(52-28-11-4-12-29-52)54-31-18-25-48(41-54)46-22-7-2-8-23-46/h1-44H. The van der Waals surface area contributed by atoms with Crippen molar-refractivity contribution in [2.75, 3.05) is 9.80 Å². The summed E-state index contributed by atoms with van der Waals surface area (Å²) in [6.45, 7) is 0. The molecule has 0 saturated carbocycles. The van der Waals surface area contributed by atoms with E-state index < -0.39 is 0 Å². The topological polar surface area (TPSA) is 32.8 Å². The summed E-state index contributed by atoms with van der Waals surface area (Å²) in [5, 5.41) is 4.30. The van der Waals surface area contributed by atoms with Crippen LogP contribution in [0.5, 0.6) is 0 Å². The number of rotatable bonds is 10. The predicted octanol–water partition coefficient (Wildman–Crippen LogP) is 19.1. The molecule has 0 saturated heterocycles. The third kappa shape index (κ3) is 7.27. The fourth-order valence-electron chi connectivity index (χ4n) is 10.2. The van der Waals surface area contributed by atoms with Gasteiger partial charge in [0.25, 0.3) is 0 Å². The van der Waals surface area contributed by atoms with Crippen molar-refractivity contribution >= 4 is 78.0 Å². The van der Waals surface area contributed by atoms with Gasteiger partial charge in [-0.2, -0.15) is 0 Å². The second-order valence-corrected chi connectivity index (χ2v) is 17.7. The van der Waals surface area contributed by atoms with Crippen LogP contribution in [0.2, 0.25) is 0 Å². The number of fused-ring (bicyclic) bond motifs is 6. The van der Waals surface area contributed by atoms with Gasteiger partial charge in [-0.15, -0.1) is 0 Å². The quantitative estimate of drug-likeness (QED) is 0.137. The Bertz CT molecular complexity index is 3860. The molecule has 0 spiro atoms. The molecule has 0 aliphatic carbocycles. The largest absolute Gasteiger partial charge is 0.456 e. The average Bonchev–Trinajstić information content (AvgIpc) is 4.01. The van der Waals surface area contributed by atoms with Crippen LogP contribution < -0.4 is 9.80 Å². The highest BCUT2D eigenvalue weighted by molar-refractivity contribution is 6.14. The summed E-state index contributed by atoms with van der Waals surface area (Å²) in [6, 6.07) is 95.1. The SMILES string of the molecule is c1ccc(-c2cccc(N(c3ccccc3)c3cc(-c4cccc5oc6ccccc6c45)cc(N(c4ccccc4)c4cccc(-c5ccccc5)c4)c3-c3ccc4c(c3)oc3ccccc34)c2)cc1. The lowest BCUT2D eigenvalue weighted by Gasteiger charge is -2.34. The third-order valence-corrected chi connectivity index (χ3v) is 13.4. The van der Waals surface area contributed by atoms with E-state index in [1.54, 1.807) is 0 Å². The van der Waals surface area contributed by atoms with Crippen molar-refractivity contribution in [2.24, 2.45) is 0 Å². The zero-order valence-corrected chi connectivity index (χ0v) is 38.1. The monoisotopic (exact) mass is 896 g/mol. The van der Waals surface area contributed by atoms with Gasteiger partial charge in [0.15, 0.2) is 0 Å². The Balaban J connectivity index is 1.19. The van der Waals surface area contributed by atoms with Crippen LogP contribution in [0.1, 0.15) is 0 Å². The highest BCUT2D eigenvalue weighted by atomic mass is 16.3. The molecule has 0 N–H and O–H groups in total. The maximum atomic E-state index is 6.72. The van der Waals surface area contributed by atoms with E-state index in [9.17, 15) is 0 Å². The van der Waals surface area contributed by atoms with Gasteiger partial charge in [0.1, 0.15) is 22.3 Å². The first kappa shape index (κ1) is 40.9. The summed E-state index contributed by atoms with van der Waals surface area (Å²) in [4.78, 5) is 4.85. The first-order chi connectivity index (χ1) is 34.7. The Morgan fingerprint density at radius 1 is 0.243 bits per heavy atom. The Morgan fingerprint density at radius 3 is 1.26 bits per heavy atom. The maximum Gasteiger partial charge on any atom is 0.136 e. The highest BCUT2D eigenvalue weighted by Crippen LogP contribution is 2.53. The number of hydrogen-bond donors (Lipinski definition) is 0. The molecule has 4 heteroatoms. The maximum absolute atomic E-state index is 6.72. The zero-order valence-electron chi connectivity index (χ0n) is 38.1. The minimum atomic E-state index is 0.823. The second kappa shape index (κ2) is 17.4. The predicted molar refractivity (Wildman–Crippen MR) is 292 cm³/mol. The normalized spacial score (nSPS) is 11.4. The van der Waals surface area contributed by atoms with Crippen molar-refractivity contribution < 1.29 is 8.83 Å². The number of furan rings is 2. The molecule has 0 aliphatic rings. The van der Waals surface area contributed by atoms with Gasteiger partial charge in [-0.05, 0) is 130 Å². The van der Waals surface area contributed by atoms with E-state index in [4.69, 9.17) is 8.83 Å². The summed E-state index contributed by atoms with van der Waals surface area (Å²) in [5.74, 6) is 0. The van der Waals surface area contributed by atoms with Crippen LogP contribution in [-0.2, 0) is 0 Å². The van der Waals surface area contributed by atoms with Crippen molar-refractivity contribution in [1.82, 2.24) is 0 Å². The van der Waals surface area contributed by atoms with Crippen LogP contribution in [0.25, 0.3) is 88.4 Å². The average molecular weight is 897 g/mol. The molecule has 2 aromatic heterocycles. The molecular formula is C66H44N2O2. The van der Waals surface area contributed by atoms with E-state index in [2.05, 4.69) is 265 Å². The van der Waals surface area contributed by atoms with Gasteiger partial charge in [0.05, 0.1) is 11.4 Å². The molecule has 13 rings (SSSR count). The first-order valence-electron chi connectivity index (χ1n) is 23.7. The summed E-state index contributed by atoms with van der Waals surface area (Å²) in [7, 11) is 0. The van der Waals surface area contributed by atoms with Crippen LogP contribution in [0.4, 0.5) is 34.1 Å². The Labute approximate surface area is 406 Å². The van der Waals surface area contributed by atoms with Gasteiger partial charge in [-0.3, -0.25) is 0 Å². The van der Waals surface area contributed by atoms with Crippen molar-refractivity contribution in [2.45, 2.75) is 0 Å². The van der Waals surface area contributed by atoms with Crippen LogP contribution in [0.15, 0.2) is 276 Å². The molecule has 13 aromatic rings. The zero-order chi connectivity index (χ0) is 46.4. The summed E-state index contributed by atoms with van der Waals surface area (Å²) in [5.41, 5.74) is 18.1. The van der Waals surface area contributed by atoms with Crippen molar-refractivity contribution in [3.8, 4) is 44.5 Å². The smallest absolute Gasteiger partial charge is 0.136 e. The molecule has 0 radical (unpaired) electrons. The summed E-state index contributed by atoms with van der Waals surface area (Å²) >= 11 is 0. The van der Waals surface area contributed by atoms with Gasteiger partial charge in [0.2, 0.25) is 0 Å². The molecule has 11 aromatic carbocycles. The van der Waals surface area contributed by atoms with E-state index in [-0.39, 0.29) is 0 Å². The van der Waals surface area contributed by atoms with E-state index in [0.717, 1.165) is 123 Å². The van der Waals surface area contributed by atoms with Gasteiger partial charge >= 0.3 is 0 Å². The fraction of sp³-hybridized carbons (Fsp3) is 0. The molecule has 0 unspecified atom stereocenters. The number of benzene rings is 11. The van der Waals surface area contributed by atoms with E-state index >= 15 is 0 Å². The molecule has 0 fully saturated rings. The van der Waals surface area contributed by atoms with Crippen LogP contribution in [-0.4, -0.2) is 0 Å². The van der Waals surface area contributed by atoms with Gasteiger partial charge in [0, 0.05) is 49.9 Å². The third-order valence-electron chi connectivity index (χ3n) is 13.4. The number of hydrogen-bond acceptors (Lipinski definition) is 4. The number of para-hydroxylation sites is 4. The lowest BCUT2D eigenvalue weighted by Crippen LogP contribution is -2.16. The fourth-order valence-corrected chi connectivity index (χ4v) is 10.2. The Kier molecular flexibility index (Phi) is 10.1. The van der Waals surface area contributed by atoms with E-state index in [0.29, 0.717) is 0 Å². The van der Waals surface area contributed by atoms with Crippen LogP contribution in [0.3, 0.4) is 0 Å². The first-order valence-corrected chi connectivity index (χ1v) is 23.7. The Morgan fingerprint density at radius 2 is 0.671 bits per heavy atom. The van der Waals surface area contributed by atoms with Gasteiger partial charge in [-0.1, -0.05) is 176 Å². The molecule has 0 aliphatic heterocycles. The molecule has 0 amide bonds. The van der Waals surface area contributed by atoms with Crippen molar-refractivity contribution in [3.05, 3.63) is 267 Å². The van der Waals surface area contributed by atoms with E-state index in [1.165, 1.54) is 0 Å². The second-order valence-electron chi connectivity index (χ2n) is 17.7. The van der Waals surface area contributed by atoms with Crippen LogP contribution >= 0.6 is 0 Å². The molecular weight excluding hydrogens is 853 g/mol. The van der Waals surface area contributed by atoms with Gasteiger partial charge < -0.3 is 18.6 Å². The number of nitrogens with zero attached hydrogens (tertiary/aromatic N) is 2. The highest BCUT2D eigenvalue weighted by Gasteiger charge is 2.28. The van der Waals surface area contributed by atoms with Crippen molar-refractivity contribution in [3.63, 3.8) is 0 Å². The molecule has 0 atom stereocenters. The number of anilines is 6. The minimum absolute atomic E-state index is 0.823. The summed E-state index contributed by atoms with van der Waals surface area (Å²) in [6.07, 6.45) is 0. The molecule has 330 valence electrons. The van der Waals surface area contributed by atoms with Gasteiger partial charge in [-0.25, -0.2) is 0 Å². The summed E-state index contributed by atoms with van der Waals surface area (Å²) < 4.78 is 13.3. The molecule has 70 heavy (non-hydrogen) atoms. The van der Waals surface area contributed by atoms with Crippen molar-refractivity contribution in [1.29, 1.82) is 0 Å². The van der Waals surface area contributed by atoms with E-state index in [1.807, 2.05) is 12.1 Å². The minimum Gasteiger partial charge on any atom is -0.456 e. The lowest BCUT2D eigenvalue weighted by molar-refractivity contribution is 0.668. The Hall–Kier alpha value is -9.38. The lowest BCUT2D eigenvalue weighted by atomic mass is 9.91. The van der Waals surface area contributed by atoms with Crippen LogP contribution in [0, 0.1) is 0 Å². The molecule has 2 heterocycles. The molecule has 4 nitrogen and oxygen atoms in total.